The Bertz CT molecular complexity index is 291. The molecular formula is C15H33O3PS. The van der Waals surface area contributed by atoms with Crippen LogP contribution in [0.2, 0.25) is 0 Å². The van der Waals surface area contributed by atoms with Gasteiger partial charge in [-0.05, 0) is 6.42 Å². The first kappa shape index (κ1) is 20.3. The maximum atomic E-state index is 11.1. The van der Waals surface area contributed by atoms with E-state index in [0.29, 0.717) is 6.61 Å². The maximum absolute atomic E-state index is 11.1. The lowest BCUT2D eigenvalue weighted by Gasteiger charge is -2.04. The molecule has 0 saturated heterocycles. The van der Waals surface area contributed by atoms with Crippen LogP contribution in [0.15, 0.2) is 0 Å². The summed E-state index contributed by atoms with van der Waals surface area (Å²) in [6.07, 6.45) is 15.3. The van der Waals surface area contributed by atoms with Crippen molar-refractivity contribution in [1.29, 1.82) is 0 Å². The summed E-state index contributed by atoms with van der Waals surface area (Å²) in [4.78, 5) is 0. The van der Waals surface area contributed by atoms with Gasteiger partial charge in [-0.15, -0.1) is 9.24 Å². The lowest BCUT2D eigenvalue weighted by molar-refractivity contribution is 0.308. The first-order valence-electron chi connectivity index (χ1n) is 8.19. The fourth-order valence-corrected chi connectivity index (χ4v) is 2.93. The molecule has 0 spiro atoms. The standard InChI is InChI=1S/C15H33O3PS/c1-2-3-4-5-6-7-8-9-10-11-12-13-14-18-20(16,17)15-19/h2-15,19H2,1H3. The molecule has 0 aliphatic heterocycles. The SMILES string of the molecule is CCCCCCCCCCCCCCOS(=O)(=O)CP. The fourth-order valence-electron chi connectivity index (χ4n) is 2.18. The molecular weight excluding hydrogens is 291 g/mol. The smallest absolute Gasteiger partial charge is 0.270 e. The number of hydrogen-bond donors (Lipinski definition) is 0. The Morgan fingerprint density at radius 2 is 1.15 bits per heavy atom. The number of rotatable bonds is 15. The second-order valence-electron chi connectivity index (χ2n) is 5.44. The van der Waals surface area contributed by atoms with E-state index in [1.165, 1.54) is 64.2 Å². The van der Waals surface area contributed by atoms with Gasteiger partial charge in [0.2, 0.25) is 0 Å². The lowest BCUT2D eigenvalue weighted by atomic mass is 10.1. The summed E-state index contributed by atoms with van der Waals surface area (Å²) in [6, 6.07) is 0. The van der Waals surface area contributed by atoms with Crippen LogP contribution in [0.4, 0.5) is 0 Å². The van der Waals surface area contributed by atoms with Crippen LogP contribution < -0.4 is 0 Å². The Morgan fingerprint density at radius 3 is 1.55 bits per heavy atom. The molecule has 5 heteroatoms. The number of hydrogen-bond acceptors (Lipinski definition) is 3. The van der Waals surface area contributed by atoms with Crippen LogP contribution in [0.1, 0.15) is 84.0 Å². The minimum absolute atomic E-state index is 0.00867. The van der Waals surface area contributed by atoms with Crippen molar-refractivity contribution < 1.29 is 12.6 Å². The van der Waals surface area contributed by atoms with E-state index in [9.17, 15) is 8.42 Å². The lowest BCUT2D eigenvalue weighted by Crippen LogP contribution is -2.07. The molecule has 0 aliphatic rings. The number of unbranched alkanes of at least 4 members (excludes halogenated alkanes) is 11. The second kappa shape index (κ2) is 14.3. The summed E-state index contributed by atoms with van der Waals surface area (Å²) in [7, 11) is -1.09. The highest BCUT2D eigenvalue weighted by Crippen LogP contribution is 2.12. The van der Waals surface area contributed by atoms with Gasteiger partial charge >= 0.3 is 0 Å². The molecule has 0 saturated carbocycles. The van der Waals surface area contributed by atoms with Gasteiger partial charge in [0.15, 0.2) is 0 Å². The zero-order chi connectivity index (χ0) is 15.1. The highest BCUT2D eigenvalue weighted by atomic mass is 32.2. The van der Waals surface area contributed by atoms with Crippen molar-refractivity contribution in [2.75, 3.05) is 12.1 Å². The minimum Gasteiger partial charge on any atom is -0.270 e. The van der Waals surface area contributed by atoms with Gasteiger partial charge in [-0.25, -0.2) is 0 Å². The van der Waals surface area contributed by atoms with Gasteiger partial charge in [-0.1, -0.05) is 77.6 Å². The van der Waals surface area contributed by atoms with Crippen molar-refractivity contribution >= 4 is 19.4 Å². The Hall–Kier alpha value is 0.340. The zero-order valence-electron chi connectivity index (χ0n) is 13.1. The molecule has 0 N–H and O–H groups in total. The molecule has 0 heterocycles. The van der Waals surface area contributed by atoms with Crippen LogP contribution in [0, 0.1) is 0 Å². The van der Waals surface area contributed by atoms with E-state index >= 15 is 0 Å². The molecule has 122 valence electrons. The zero-order valence-corrected chi connectivity index (χ0v) is 15.1. The fraction of sp³-hybridized carbons (Fsp3) is 1.00. The van der Waals surface area contributed by atoms with Gasteiger partial charge in [0.25, 0.3) is 10.1 Å². The predicted molar refractivity (Wildman–Crippen MR) is 90.5 cm³/mol. The van der Waals surface area contributed by atoms with E-state index in [1.807, 2.05) is 0 Å². The predicted octanol–water partition coefficient (Wildman–Crippen LogP) is 4.87. The summed E-state index contributed by atoms with van der Waals surface area (Å²) in [5.41, 5.74) is -0.00867. The monoisotopic (exact) mass is 324 g/mol. The molecule has 0 fully saturated rings. The highest BCUT2D eigenvalue weighted by Gasteiger charge is 2.05. The maximum Gasteiger partial charge on any atom is 0.270 e. The van der Waals surface area contributed by atoms with Crippen LogP contribution in [0.25, 0.3) is 0 Å². The normalized spacial score (nSPS) is 11.9. The van der Waals surface area contributed by atoms with E-state index in [0.717, 1.165) is 12.8 Å². The van der Waals surface area contributed by atoms with Crippen LogP contribution >= 0.6 is 9.24 Å². The molecule has 0 amide bonds. The van der Waals surface area contributed by atoms with E-state index < -0.39 is 10.1 Å². The van der Waals surface area contributed by atoms with E-state index in [-0.39, 0.29) is 5.49 Å². The van der Waals surface area contributed by atoms with Crippen LogP contribution in [0.5, 0.6) is 0 Å². The van der Waals surface area contributed by atoms with Crippen molar-refractivity contribution in [1.82, 2.24) is 0 Å². The molecule has 1 atom stereocenters. The average molecular weight is 324 g/mol. The molecule has 0 rings (SSSR count). The van der Waals surface area contributed by atoms with E-state index in [2.05, 4.69) is 16.2 Å². The second-order valence-corrected chi connectivity index (χ2v) is 8.12. The van der Waals surface area contributed by atoms with Crippen LogP contribution in [-0.4, -0.2) is 20.5 Å². The van der Waals surface area contributed by atoms with Crippen molar-refractivity contribution in [2.24, 2.45) is 0 Å². The molecule has 1 unspecified atom stereocenters. The Morgan fingerprint density at radius 1 is 0.750 bits per heavy atom. The molecule has 0 aromatic rings. The molecule has 3 nitrogen and oxygen atoms in total. The summed E-state index contributed by atoms with van der Waals surface area (Å²) in [6.45, 7) is 2.59. The minimum atomic E-state index is -3.27. The quantitative estimate of drug-likeness (QED) is 0.245. The first-order chi connectivity index (χ1) is 9.62. The average Bonchev–Trinajstić information content (AvgIpc) is 2.44. The van der Waals surface area contributed by atoms with Crippen molar-refractivity contribution in [3.05, 3.63) is 0 Å². The first-order valence-corrected chi connectivity index (χ1v) is 10.6. The van der Waals surface area contributed by atoms with Crippen molar-refractivity contribution in [3.63, 3.8) is 0 Å². The summed E-state index contributed by atoms with van der Waals surface area (Å²) in [5.74, 6) is 0. The summed E-state index contributed by atoms with van der Waals surface area (Å²) < 4.78 is 26.9. The van der Waals surface area contributed by atoms with Crippen LogP contribution in [0.3, 0.4) is 0 Å². The van der Waals surface area contributed by atoms with Gasteiger partial charge in [-0.3, -0.25) is 4.18 Å². The van der Waals surface area contributed by atoms with E-state index in [4.69, 9.17) is 4.18 Å². The Kier molecular flexibility index (Phi) is 14.5. The van der Waals surface area contributed by atoms with Gasteiger partial charge in [0, 0.05) is 0 Å². The molecule has 0 aromatic carbocycles. The molecule has 0 bridgehead atoms. The topological polar surface area (TPSA) is 43.4 Å². The van der Waals surface area contributed by atoms with Gasteiger partial charge in [-0.2, -0.15) is 8.42 Å². The van der Waals surface area contributed by atoms with E-state index in [1.54, 1.807) is 0 Å². The largest absolute Gasteiger partial charge is 0.270 e. The van der Waals surface area contributed by atoms with Gasteiger partial charge in [0.05, 0.1) is 12.1 Å². The van der Waals surface area contributed by atoms with Crippen LogP contribution in [-0.2, 0) is 14.3 Å². The Labute approximate surface area is 128 Å². The molecule has 20 heavy (non-hydrogen) atoms. The molecule has 0 radical (unpaired) electrons. The summed E-state index contributed by atoms with van der Waals surface area (Å²) >= 11 is 0. The van der Waals surface area contributed by atoms with Crippen molar-refractivity contribution in [3.8, 4) is 0 Å². The molecule has 0 aliphatic carbocycles. The van der Waals surface area contributed by atoms with Crippen molar-refractivity contribution in [2.45, 2.75) is 84.0 Å². The third-order valence-corrected chi connectivity index (χ3v) is 5.62. The third kappa shape index (κ3) is 14.7. The third-order valence-electron chi connectivity index (χ3n) is 3.46. The molecule has 0 aromatic heterocycles. The Balaban J connectivity index is 3.10. The van der Waals surface area contributed by atoms with Gasteiger partial charge < -0.3 is 0 Å². The van der Waals surface area contributed by atoms with Gasteiger partial charge in [0.1, 0.15) is 0 Å². The summed E-state index contributed by atoms with van der Waals surface area (Å²) in [5, 5.41) is 0. The highest BCUT2D eigenvalue weighted by molar-refractivity contribution is 7.90.